The van der Waals surface area contributed by atoms with Crippen LogP contribution in [0.5, 0.6) is 0 Å². The summed E-state index contributed by atoms with van der Waals surface area (Å²) in [7, 11) is 0. The van der Waals surface area contributed by atoms with E-state index >= 15 is 0 Å². The van der Waals surface area contributed by atoms with Crippen molar-refractivity contribution in [3.8, 4) is 0 Å². The summed E-state index contributed by atoms with van der Waals surface area (Å²) in [5.74, 6) is -2.56. The first-order chi connectivity index (χ1) is 15.9. The molecule has 34 heavy (non-hydrogen) atoms. The van der Waals surface area contributed by atoms with Crippen LogP contribution in [0.1, 0.15) is 56.2 Å². The van der Waals surface area contributed by atoms with Gasteiger partial charge < -0.3 is 5.32 Å². The number of nitrogens with one attached hydrogen (secondary N) is 1. The molecule has 1 fully saturated rings. The molecular weight excluding hydrogens is 443 g/mol. The lowest BCUT2D eigenvalue weighted by molar-refractivity contribution is -0.139. The average molecular weight is 470 g/mol. The third-order valence-corrected chi connectivity index (χ3v) is 6.37. The molecule has 1 N–H and O–H groups in total. The number of hydrogen-bond acceptors (Lipinski definition) is 4. The Hall–Kier alpha value is -3.29. The highest BCUT2D eigenvalue weighted by atomic mass is 19.4. The van der Waals surface area contributed by atoms with Gasteiger partial charge >= 0.3 is 6.18 Å². The molecule has 0 spiro atoms. The fourth-order valence-electron chi connectivity index (χ4n) is 5.04. The summed E-state index contributed by atoms with van der Waals surface area (Å²) < 4.78 is 42.1. The van der Waals surface area contributed by atoms with Crippen molar-refractivity contribution in [3.63, 3.8) is 0 Å². The molecule has 178 valence electrons. The summed E-state index contributed by atoms with van der Waals surface area (Å²) in [4.78, 5) is 35.5. The second-order valence-corrected chi connectivity index (χ2v) is 9.80. The summed E-state index contributed by atoms with van der Waals surface area (Å²) in [5, 5.41) is 2.70. The number of carbonyl (C=O) groups excluding carboxylic acids is 2. The standard InChI is InChI=1S/C26H26F3N3O2/c1-14-9-10-30-20(11-14)32-24(34)21-15(2)31-18-12-25(3,4)13-19(33)23(18)22(21)16-7-5-6-8-17(16)26(27,28)29/h5-11,22-23H,12-13H2,1-4H3,(H,30,32,34). The Balaban J connectivity index is 1.89. The summed E-state index contributed by atoms with van der Waals surface area (Å²) in [6, 6.07) is 8.59. The smallest absolute Gasteiger partial charge is 0.307 e. The summed E-state index contributed by atoms with van der Waals surface area (Å²) in [6.07, 6.45) is -2.43. The molecule has 0 saturated heterocycles. The molecular formula is C26H26F3N3O2. The largest absolute Gasteiger partial charge is 0.416 e. The first kappa shape index (κ1) is 23.9. The maximum absolute atomic E-state index is 14.0. The number of allylic oxidation sites excluding steroid dienone is 1. The molecule has 2 unspecified atom stereocenters. The van der Waals surface area contributed by atoms with Crippen LogP contribution in [0.2, 0.25) is 0 Å². The van der Waals surface area contributed by atoms with Crippen molar-refractivity contribution in [2.75, 3.05) is 5.32 Å². The van der Waals surface area contributed by atoms with Crippen LogP contribution in [0, 0.1) is 18.3 Å². The van der Waals surface area contributed by atoms with E-state index in [0.29, 0.717) is 17.8 Å². The number of fused-ring (bicyclic) bond motifs is 1. The zero-order chi connectivity index (χ0) is 24.8. The molecule has 1 saturated carbocycles. The van der Waals surface area contributed by atoms with Crippen LogP contribution in [0.3, 0.4) is 0 Å². The van der Waals surface area contributed by atoms with Crippen molar-refractivity contribution in [1.29, 1.82) is 0 Å². The maximum atomic E-state index is 14.0. The van der Waals surface area contributed by atoms with Crippen molar-refractivity contribution in [2.45, 2.75) is 52.6 Å². The molecule has 2 heterocycles. The highest BCUT2D eigenvalue weighted by molar-refractivity contribution is 6.14. The third-order valence-electron chi connectivity index (χ3n) is 6.37. The van der Waals surface area contributed by atoms with E-state index in [-0.39, 0.29) is 34.6 Å². The molecule has 2 aliphatic rings. The van der Waals surface area contributed by atoms with Crippen LogP contribution in [-0.4, -0.2) is 22.4 Å². The number of Topliss-reactive ketones (excluding diaryl/α,β-unsaturated/α-hetero) is 1. The van der Waals surface area contributed by atoms with E-state index in [1.807, 2.05) is 20.8 Å². The quantitative estimate of drug-likeness (QED) is 0.612. The van der Waals surface area contributed by atoms with E-state index in [4.69, 9.17) is 0 Å². The number of rotatable bonds is 3. The molecule has 0 bridgehead atoms. The predicted molar refractivity (Wildman–Crippen MR) is 123 cm³/mol. The summed E-state index contributed by atoms with van der Waals surface area (Å²) in [5.41, 5.74) is 0.458. The number of nitrogens with zero attached hydrogens (tertiary/aromatic N) is 2. The molecule has 1 aromatic heterocycles. The van der Waals surface area contributed by atoms with Crippen molar-refractivity contribution in [1.82, 2.24) is 4.98 Å². The number of amides is 1. The van der Waals surface area contributed by atoms with E-state index in [2.05, 4.69) is 15.3 Å². The highest BCUT2D eigenvalue weighted by Gasteiger charge is 2.49. The lowest BCUT2D eigenvalue weighted by atomic mass is 9.63. The van der Waals surface area contributed by atoms with E-state index in [9.17, 15) is 22.8 Å². The number of aliphatic imine (C=N–C) groups is 1. The van der Waals surface area contributed by atoms with Crippen LogP contribution in [0.15, 0.2) is 58.9 Å². The maximum Gasteiger partial charge on any atom is 0.416 e. The van der Waals surface area contributed by atoms with E-state index in [1.54, 1.807) is 19.1 Å². The molecule has 2 aromatic rings. The molecule has 1 aliphatic heterocycles. The van der Waals surface area contributed by atoms with E-state index in [1.165, 1.54) is 24.4 Å². The predicted octanol–water partition coefficient (Wildman–Crippen LogP) is 5.87. The van der Waals surface area contributed by atoms with Gasteiger partial charge in [-0.3, -0.25) is 14.6 Å². The second kappa shape index (κ2) is 8.49. The number of halogens is 3. The minimum absolute atomic E-state index is 0.0572. The summed E-state index contributed by atoms with van der Waals surface area (Å²) >= 11 is 0. The number of hydrogen-bond donors (Lipinski definition) is 1. The Bertz CT molecular complexity index is 1230. The molecule has 1 amide bonds. The average Bonchev–Trinajstić information content (AvgIpc) is 2.71. The third kappa shape index (κ3) is 4.54. The number of pyridine rings is 1. The van der Waals surface area contributed by atoms with Gasteiger partial charge in [0, 0.05) is 35.5 Å². The molecule has 0 radical (unpaired) electrons. The van der Waals surface area contributed by atoms with E-state index in [0.717, 1.165) is 11.6 Å². The Morgan fingerprint density at radius 1 is 1.09 bits per heavy atom. The van der Waals surface area contributed by atoms with Crippen LogP contribution in [0.25, 0.3) is 0 Å². The zero-order valence-corrected chi connectivity index (χ0v) is 19.5. The Morgan fingerprint density at radius 2 is 1.79 bits per heavy atom. The number of aryl methyl sites for hydroxylation is 1. The number of anilines is 1. The Morgan fingerprint density at radius 3 is 2.47 bits per heavy atom. The van der Waals surface area contributed by atoms with Crippen molar-refractivity contribution < 1.29 is 22.8 Å². The van der Waals surface area contributed by atoms with Gasteiger partial charge in [-0.2, -0.15) is 13.2 Å². The number of carbonyl (C=O) groups is 2. The van der Waals surface area contributed by atoms with Crippen molar-refractivity contribution in [2.24, 2.45) is 16.3 Å². The minimum atomic E-state index is -4.64. The van der Waals surface area contributed by atoms with Crippen molar-refractivity contribution in [3.05, 3.63) is 70.6 Å². The Kier molecular flexibility index (Phi) is 5.96. The van der Waals surface area contributed by atoms with Crippen LogP contribution < -0.4 is 5.32 Å². The lowest BCUT2D eigenvalue weighted by Crippen LogP contribution is -2.44. The molecule has 1 aliphatic carbocycles. The summed E-state index contributed by atoms with van der Waals surface area (Å²) in [6.45, 7) is 7.32. The fraction of sp³-hybridized carbons (Fsp3) is 0.385. The monoisotopic (exact) mass is 469 g/mol. The van der Waals surface area contributed by atoms with Gasteiger partial charge in [0.2, 0.25) is 0 Å². The first-order valence-electron chi connectivity index (χ1n) is 11.1. The number of alkyl halides is 3. The minimum Gasteiger partial charge on any atom is -0.307 e. The van der Waals surface area contributed by atoms with Gasteiger partial charge in [-0.05, 0) is 55.0 Å². The van der Waals surface area contributed by atoms with Crippen LogP contribution in [0.4, 0.5) is 19.0 Å². The Labute approximate surface area is 196 Å². The zero-order valence-electron chi connectivity index (χ0n) is 19.5. The molecule has 1 aromatic carbocycles. The number of aromatic nitrogens is 1. The van der Waals surface area contributed by atoms with Gasteiger partial charge in [0.1, 0.15) is 11.6 Å². The number of benzene rings is 1. The normalized spacial score (nSPS) is 22.2. The molecule has 4 rings (SSSR count). The van der Waals surface area contributed by atoms with Gasteiger partial charge in [-0.25, -0.2) is 4.98 Å². The van der Waals surface area contributed by atoms with Crippen LogP contribution in [-0.2, 0) is 15.8 Å². The van der Waals surface area contributed by atoms with Gasteiger partial charge in [-0.1, -0.05) is 32.0 Å². The molecule has 5 nitrogen and oxygen atoms in total. The van der Waals surface area contributed by atoms with Gasteiger partial charge in [0.05, 0.1) is 11.5 Å². The molecule has 8 heteroatoms. The lowest BCUT2D eigenvalue weighted by Gasteiger charge is -2.41. The van der Waals surface area contributed by atoms with Gasteiger partial charge in [0.25, 0.3) is 5.91 Å². The van der Waals surface area contributed by atoms with E-state index < -0.39 is 29.5 Å². The SMILES string of the molecule is CC1=C(C(=O)Nc2cc(C)ccn2)C(c2ccccc2C(F)(F)F)C2C(=O)CC(C)(C)CC2=N1. The highest BCUT2D eigenvalue weighted by Crippen LogP contribution is 2.49. The van der Waals surface area contributed by atoms with Gasteiger partial charge in [0.15, 0.2) is 0 Å². The topological polar surface area (TPSA) is 71.4 Å². The number of ketones is 1. The second-order valence-electron chi connectivity index (χ2n) is 9.80. The molecule has 2 atom stereocenters. The van der Waals surface area contributed by atoms with Gasteiger partial charge in [-0.15, -0.1) is 0 Å². The van der Waals surface area contributed by atoms with Crippen LogP contribution >= 0.6 is 0 Å². The van der Waals surface area contributed by atoms with Crippen molar-refractivity contribution >= 4 is 23.2 Å². The fourth-order valence-corrected chi connectivity index (χ4v) is 5.04. The first-order valence-corrected chi connectivity index (χ1v) is 11.1.